The van der Waals surface area contributed by atoms with Crippen molar-refractivity contribution in [1.29, 1.82) is 0 Å². The van der Waals surface area contributed by atoms with Crippen LogP contribution in [0.2, 0.25) is 0 Å². The van der Waals surface area contributed by atoms with Crippen LogP contribution in [0.25, 0.3) is 0 Å². The zero-order valence-corrected chi connectivity index (χ0v) is 35.0. The summed E-state index contributed by atoms with van der Waals surface area (Å²) >= 11 is 0. The summed E-state index contributed by atoms with van der Waals surface area (Å²) < 4.78 is 0. The van der Waals surface area contributed by atoms with Crippen LogP contribution < -0.4 is 0 Å². The molecule has 0 aliphatic carbocycles. The molecule has 0 amide bonds. The van der Waals surface area contributed by atoms with Crippen molar-refractivity contribution in [2.24, 2.45) is 5.41 Å². The average molecular weight is 722 g/mol. The first-order valence-corrected chi connectivity index (χ1v) is 23.5. The molecule has 0 fully saturated rings. The fourth-order valence-corrected chi connectivity index (χ4v) is 8.40. The van der Waals surface area contributed by atoms with Crippen LogP contribution in [0.5, 0.6) is 0 Å². The van der Waals surface area contributed by atoms with Crippen molar-refractivity contribution in [1.82, 2.24) is 0 Å². The number of unbranched alkanes of at least 4 members (excludes halogenated alkanes) is 30. The molecule has 0 N–H and O–H groups in total. The first kappa shape index (κ1) is 56.3. The van der Waals surface area contributed by atoms with Crippen molar-refractivity contribution < 1.29 is 0 Å². The van der Waals surface area contributed by atoms with Crippen LogP contribution in [0.4, 0.5) is 0 Å². The van der Waals surface area contributed by atoms with Crippen LogP contribution in [-0.2, 0) is 0 Å². The number of hydrogen-bond acceptors (Lipinski definition) is 0. The molecule has 0 saturated carbocycles. The van der Waals surface area contributed by atoms with Crippen LogP contribution in [0.15, 0.2) is 0 Å². The second-order valence-electron chi connectivity index (χ2n) is 16.7. The summed E-state index contributed by atoms with van der Waals surface area (Å²) in [5.74, 6) is 1.94. The Morgan fingerprint density at radius 1 is 0.260 bits per heavy atom. The molecule has 0 aromatic rings. The van der Waals surface area contributed by atoms with Gasteiger partial charge in [0.25, 0.3) is 0 Å². The molecule has 50 heavy (non-hydrogen) atoms. The van der Waals surface area contributed by atoms with Gasteiger partial charge in [0.2, 0.25) is 0 Å². The van der Waals surface area contributed by atoms with Crippen molar-refractivity contribution >= 4 is 59.1 Å². The van der Waals surface area contributed by atoms with Crippen molar-refractivity contribution in [3.05, 3.63) is 5.92 Å². The second-order valence-corrected chi connectivity index (χ2v) is 16.7. The zero-order valence-electron chi connectivity index (χ0n) is 35.0. The molecule has 0 bridgehead atoms. The predicted molar refractivity (Wildman–Crippen MR) is 238 cm³/mol. The fourth-order valence-electron chi connectivity index (χ4n) is 8.40. The van der Waals surface area contributed by atoms with Crippen molar-refractivity contribution in [3.8, 4) is 0 Å². The molecule has 0 unspecified atom stereocenters. The Morgan fingerprint density at radius 2 is 0.460 bits per heavy atom. The molecule has 0 heterocycles. The van der Waals surface area contributed by atoms with E-state index in [1.54, 1.807) is 0 Å². The third-order valence-electron chi connectivity index (χ3n) is 12.3. The summed E-state index contributed by atoms with van der Waals surface area (Å²) in [6.45, 7) is 11.9. The van der Waals surface area contributed by atoms with E-state index in [2.05, 4.69) is 34.6 Å². The summed E-state index contributed by atoms with van der Waals surface area (Å²) in [6, 6.07) is 0. The third kappa shape index (κ3) is 39.7. The third-order valence-corrected chi connectivity index (χ3v) is 12.3. The predicted octanol–water partition coefficient (Wildman–Crippen LogP) is 17.3. The van der Waals surface area contributed by atoms with Crippen molar-refractivity contribution in [3.63, 3.8) is 0 Å². The van der Waals surface area contributed by atoms with E-state index >= 15 is 0 Å². The van der Waals surface area contributed by atoms with Gasteiger partial charge in [0.1, 0.15) is 0 Å². The van der Waals surface area contributed by atoms with Gasteiger partial charge in [-0.1, -0.05) is 266 Å². The molecule has 0 aliphatic rings. The van der Waals surface area contributed by atoms with Gasteiger partial charge in [-0.15, -0.1) is 0 Å². The van der Waals surface area contributed by atoms with E-state index in [0.29, 0.717) is 5.41 Å². The van der Waals surface area contributed by atoms with Gasteiger partial charge in [0.15, 0.2) is 0 Å². The molecule has 1 radical (unpaired) electrons. The Balaban J connectivity index is -0.0000110. The number of hydrogen-bond donors (Lipinski definition) is 0. The van der Waals surface area contributed by atoms with Crippen LogP contribution in [0.1, 0.15) is 298 Å². The maximum atomic E-state index is 2.48. The first-order chi connectivity index (χ1) is 23.7. The minimum atomic E-state index is 0. The summed E-state index contributed by atoms with van der Waals surface area (Å²) in [6.07, 6.45) is 59.9. The van der Waals surface area contributed by atoms with Crippen molar-refractivity contribution in [2.75, 3.05) is 0 Å². The second kappa shape index (κ2) is 47.2. The standard InChI is InChI=1S/C48H97.2Na.2H/c1-6-11-14-17-19-21-23-25-29-33-38-43-47(42-37-16-13-8-3)44-39-34-30-26-28-32-36-41-46-48(9-4,10-5)45-40-35-31-27-24-22-20-18-15-12-7-2;;;;/h6-46H2,1-5H3;;;;. The molecular formula is C48H99Na2. The molecule has 0 saturated heterocycles. The topological polar surface area (TPSA) is 0 Å². The van der Waals surface area contributed by atoms with Gasteiger partial charge in [-0.3, -0.25) is 0 Å². The number of rotatable bonds is 42. The van der Waals surface area contributed by atoms with Gasteiger partial charge in [0, 0.05) is 0 Å². The molecular weight excluding hydrogens is 623 g/mol. The summed E-state index contributed by atoms with van der Waals surface area (Å²) in [5, 5.41) is 0. The quantitative estimate of drug-likeness (QED) is 0.0435. The first-order valence-electron chi connectivity index (χ1n) is 23.5. The summed E-state index contributed by atoms with van der Waals surface area (Å²) in [4.78, 5) is 0. The molecule has 0 aliphatic heterocycles. The van der Waals surface area contributed by atoms with Crippen LogP contribution in [0.3, 0.4) is 0 Å². The van der Waals surface area contributed by atoms with Crippen LogP contribution >= 0.6 is 0 Å². The van der Waals surface area contributed by atoms with E-state index in [0.717, 1.165) is 0 Å². The van der Waals surface area contributed by atoms with E-state index in [-0.39, 0.29) is 59.1 Å². The molecule has 293 valence electrons. The van der Waals surface area contributed by atoms with Gasteiger partial charge < -0.3 is 0 Å². The fraction of sp³-hybridized carbons (Fsp3) is 0.979. The van der Waals surface area contributed by atoms with Crippen LogP contribution in [0, 0.1) is 11.3 Å². The van der Waals surface area contributed by atoms with Gasteiger partial charge >= 0.3 is 59.1 Å². The summed E-state index contributed by atoms with van der Waals surface area (Å²) in [5.41, 5.74) is 0.650. The molecule has 2 heteroatoms. The van der Waals surface area contributed by atoms with Crippen LogP contribution in [-0.4, -0.2) is 59.1 Å². The average Bonchev–Trinajstić information content (AvgIpc) is 3.10. The Labute approximate surface area is 365 Å². The normalized spacial score (nSPS) is 11.6. The Bertz CT molecular complexity index is 571. The van der Waals surface area contributed by atoms with E-state index in [4.69, 9.17) is 0 Å². The molecule has 0 aromatic carbocycles. The van der Waals surface area contributed by atoms with Gasteiger partial charge in [-0.05, 0) is 43.4 Å². The Hall–Kier alpha value is 2.00. The van der Waals surface area contributed by atoms with E-state index in [9.17, 15) is 0 Å². The molecule has 0 aromatic heterocycles. The molecule has 0 atom stereocenters. The monoisotopic (exact) mass is 722 g/mol. The van der Waals surface area contributed by atoms with E-state index < -0.39 is 0 Å². The van der Waals surface area contributed by atoms with Gasteiger partial charge in [-0.25, -0.2) is 0 Å². The zero-order chi connectivity index (χ0) is 35.1. The van der Waals surface area contributed by atoms with Gasteiger partial charge in [-0.2, -0.15) is 0 Å². The minimum absolute atomic E-state index is 0. The maximum absolute atomic E-state index is 2.48. The Morgan fingerprint density at radius 3 is 0.700 bits per heavy atom. The van der Waals surface area contributed by atoms with Crippen molar-refractivity contribution in [2.45, 2.75) is 298 Å². The van der Waals surface area contributed by atoms with E-state index in [1.807, 2.05) is 5.92 Å². The van der Waals surface area contributed by atoms with E-state index in [1.165, 1.54) is 263 Å². The SMILES string of the molecule is CCCCCCCCCCCCC[C](CCCCCC)CCCCCCCCCCC(CC)(CC)CCCCCCCCCCCCC.[NaH].[NaH]. The molecule has 0 rings (SSSR count). The summed E-state index contributed by atoms with van der Waals surface area (Å²) in [7, 11) is 0. The molecule has 0 spiro atoms. The van der Waals surface area contributed by atoms with Gasteiger partial charge in [0.05, 0.1) is 0 Å². The Kier molecular flexibility index (Phi) is 53.1. The molecule has 0 nitrogen and oxygen atoms in total.